The molecule has 1 aliphatic rings. The van der Waals surface area contributed by atoms with Crippen LogP contribution in [-0.4, -0.2) is 42.6 Å². The van der Waals surface area contributed by atoms with Crippen molar-refractivity contribution < 1.29 is 0 Å². The molecule has 0 amide bonds. The highest BCUT2D eigenvalue weighted by molar-refractivity contribution is 5.82. The number of anilines is 1. The van der Waals surface area contributed by atoms with E-state index in [9.17, 15) is 4.79 Å². The smallest absolute Gasteiger partial charge is 0.261 e. The topological polar surface area (TPSA) is 92.6 Å². The molecule has 1 fully saturated rings. The Hall–Kier alpha value is -3.29. The van der Waals surface area contributed by atoms with E-state index in [0.29, 0.717) is 11.0 Å². The maximum atomic E-state index is 12.8. The summed E-state index contributed by atoms with van der Waals surface area (Å²) in [4.78, 5) is 35.4. The van der Waals surface area contributed by atoms with Gasteiger partial charge < -0.3 is 9.88 Å². The Balaban J connectivity index is 1.42. The fourth-order valence-electron chi connectivity index (χ4n) is 3.69. The van der Waals surface area contributed by atoms with Crippen LogP contribution in [0.25, 0.3) is 22.1 Å². The average Bonchev–Trinajstić information content (AvgIpc) is 3.18. The van der Waals surface area contributed by atoms with E-state index in [1.165, 1.54) is 0 Å². The van der Waals surface area contributed by atoms with Crippen LogP contribution >= 0.6 is 0 Å². The molecule has 26 heavy (non-hydrogen) atoms. The van der Waals surface area contributed by atoms with Gasteiger partial charge in [0.05, 0.1) is 23.6 Å². The Kier molecular flexibility index (Phi) is 3.41. The zero-order valence-corrected chi connectivity index (χ0v) is 14.0. The van der Waals surface area contributed by atoms with E-state index < -0.39 is 0 Å². The maximum Gasteiger partial charge on any atom is 0.261 e. The minimum atomic E-state index is 0.0343. The second-order valence-electron chi connectivity index (χ2n) is 6.49. The second-order valence-corrected chi connectivity index (χ2v) is 6.49. The fourth-order valence-corrected chi connectivity index (χ4v) is 3.69. The first-order chi connectivity index (χ1) is 12.8. The number of nitrogens with one attached hydrogen (secondary N) is 1. The van der Waals surface area contributed by atoms with Gasteiger partial charge in [-0.2, -0.15) is 0 Å². The van der Waals surface area contributed by atoms with E-state index in [0.717, 1.165) is 42.8 Å². The van der Waals surface area contributed by atoms with Crippen LogP contribution in [0, 0.1) is 0 Å². The van der Waals surface area contributed by atoms with E-state index in [-0.39, 0.29) is 11.6 Å². The van der Waals surface area contributed by atoms with Crippen LogP contribution in [0.15, 0.2) is 48.0 Å². The van der Waals surface area contributed by atoms with E-state index in [1.807, 2.05) is 24.3 Å². The summed E-state index contributed by atoms with van der Waals surface area (Å²) in [5, 5.41) is 0.674. The number of aromatic nitrogens is 6. The summed E-state index contributed by atoms with van der Waals surface area (Å²) in [7, 11) is 0. The van der Waals surface area contributed by atoms with E-state index in [1.54, 1.807) is 23.5 Å². The summed E-state index contributed by atoms with van der Waals surface area (Å²) < 4.78 is 1.78. The summed E-state index contributed by atoms with van der Waals surface area (Å²) in [6.45, 7) is 1.63. The Bertz CT molecular complexity index is 1140. The van der Waals surface area contributed by atoms with Crippen molar-refractivity contribution in [2.24, 2.45) is 0 Å². The number of aromatic amines is 1. The van der Waals surface area contributed by atoms with Gasteiger partial charge >= 0.3 is 0 Å². The molecule has 4 aromatic rings. The zero-order chi connectivity index (χ0) is 17.5. The van der Waals surface area contributed by atoms with Gasteiger partial charge in [0.2, 0.25) is 0 Å². The van der Waals surface area contributed by atoms with Crippen LogP contribution in [0.1, 0.15) is 18.9 Å². The maximum absolute atomic E-state index is 12.8. The summed E-state index contributed by atoms with van der Waals surface area (Å²) in [5.74, 6) is 0.870. The van der Waals surface area contributed by atoms with Gasteiger partial charge in [0.15, 0.2) is 11.5 Å². The van der Waals surface area contributed by atoms with Crippen molar-refractivity contribution in [1.82, 2.24) is 29.5 Å². The lowest BCUT2D eigenvalue weighted by molar-refractivity contribution is 0.385. The molecule has 0 radical (unpaired) electrons. The minimum Gasteiger partial charge on any atom is -0.355 e. The number of nitrogens with zero attached hydrogens (tertiary/aromatic N) is 6. The number of hydrogen-bond acceptors (Lipinski definition) is 6. The van der Waals surface area contributed by atoms with Gasteiger partial charge in [0.25, 0.3) is 5.56 Å². The minimum absolute atomic E-state index is 0.0343. The molecule has 8 nitrogen and oxygen atoms in total. The zero-order valence-electron chi connectivity index (χ0n) is 14.0. The van der Waals surface area contributed by atoms with Gasteiger partial charge in [-0.1, -0.05) is 12.1 Å². The molecule has 0 spiro atoms. The largest absolute Gasteiger partial charge is 0.355 e. The van der Waals surface area contributed by atoms with Crippen LogP contribution < -0.4 is 10.5 Å². The highest BCUT2D eigenvalue weighted by atomic mass is 16.1. The number of hydrogen-bond donors (Lipinski definition) is 1. The predicted molar refractivity (Wildman–Crippen MR) is 98.2 cm³/mol. The number of piperidine rings is 1. The molecule has 8 heteroatoms. The first kappa shape index (κ1) is 15.0. The number of H-pyrrole nitrogens is 1. The molecular formula is C18H17N7O. The second kappa shape index (κ2) is 5.91. The van der Waals surface area contributed by atoms with E-state index >= 15 is 0 Å². The Morgan fingerprint density at radius 1 is 1.04 bits per heavy atom. The van der Waals surface area contributed by atoms with Crippen molar-refractivity contribution in [3.8, 4) is 0 Å². The van der Waals surface area contributed by atoms with Crippen LogP contribution in [0.3, 0.4) is 0 Å². The lowest BCUT2D eigenvalue weighted by atomic mass is 10.0. The molecule has 1 saturated heterocycles. The normalized spacial score (nSPS) is 15.8. The molecular weight excluding hydrogens is 330 g/mol. The standard InChI is InChI=1S/C18H17N7O/c26-18-13-3-1-2-4-14(13)23-11-25(18)12-5-7-24(8-6-12)17-15-16(20-9-19-15)21-10-22-17/h1-4,9-12H,5-8H2,(H,19,20,21,22). The lowest BCUT2D eigenvalue weighted by Gasteiger charge is -2.33. The van der Waals surface area contributed by atoms with Crippen molar-refractivity contribution in [1.29, 1.82) is 0 Å². The summed E-state index contributed by atoms with van der Waals surface area (Å²) in [5.41, 5.74) is 2.31. The quantitative estimate of drug-likeness (QED) is 0.595. The molecule has 1 aliphatic heterocycles. The first-order valence-electron chi connectivity index (χ1n) is 8.66. The van der Waals surface area contributed by atoms with Gasteiger partial charge in [0.1, 0.15) is 11.8 Å². The molecule has 0 bridgehead atoms. The summed E-state index contributed by atoms with van der Waals surface area (Å²) in [6, 6.07) is 7.63. The highest BCUT2D eigenvalue weighted by Crippen LogP contribution is 2.27. The van der Waals surface area contributed by atoms with Crippen LogP contribution in [0.4, 0.5) is 5.82 Å². The average molecular weight is 347 g/mol. The Labute approximate surface area is 148 Å². The van der Waals surface area contributed by atoms with Gasteiger partial charge in [0, 0.05) is 19.1 Å². The molecule has 4 heterocycles. The Morgan fingerprint density at radius 3 is 2.77 bits per heavy atom. The molecule has 3 aromatic heterocycles. The molecule has 130 valence electrons. The monoisotopic (exact) mass is 347 g/mol. The van der Waals surface area contributed by atoms with Crippen LogP contribution in [0.2, 0.25) is 0 Å². The molecule has 0 unspecified atom stereocenters. The fraction of sp³-hybridized carbons (Fsp3) is 0.278. The number of fused-ring (bicyclic) bond motifs is 2. The number of rotatable bonds is 2. The molecule has 1 N–H and O–H groups in total. The lowest BCUT2D eigenvalue weighted by Crippen LogP contribution is -2.38. The molecule has 0 aliphatic carbocycles. The van der Waals surface area contributed by atoms with Crippen molar-refractivity contribution in [3.63, 3.8) is 0 Å². The molecule has 5 rings (SSSR count). The third kappa shape index (κ3) is 2.33. The van der Waals surface area contributed by atoms with Gasteiger partial charge in [-0.15, -0.1) is 0 Å². The van der Waals surface area contributed by atoms with E-state index in [2.05, 4.69) is 29.8 Å². The number of benzene rings is 1. The third-order valence-electron chi connectivity index (χ3n) is 5.05. The number of imidazole rings is 1. The predicted octanol–water partition coefficient (Wildman–Crippen LogP) is 1.90. The SMILES string of the molecule is O=c1c2ccccc2ncn1C1CCN(c2ncnc3nc[nH]c23)CC1. The Morgan fingerprint density at radius 2 is 1.88 bits per heavy atom. The van der Waals surface area contributed by atoms with E-state index in [4.69, 9.17) is 0 Å². The van der Waals surface area contributed by atoms with Crippen molar-refractivity contribution in [3.05, 3.63) is 53.6 Å². The molecule has 1 aromatic carbocycles. The molecule has 0 saturated carbocycles. The first-order valence-corrected chi connectivity index (χ1v) is 8.66. The van der Waals surface area contributed by atoms with Crippen LogP contribution in [0.5, 0.6) is 0 Å². The van der Waals surface area contributed by atoms with Gasteiger partial charge in [-0.3, -0.25) is 9.36 Å². The van der Waals surface area contributed by atoms with Crippen LogP contribution in [-0.2, 0) is 0 Å². The highest BCUT2D eigenvalue weighted by Gasteiger charge is 2.24. The van der Waals surface area contributed by atoms with Crippen molar-refractivity contribution >= 4 is 27.9 Å². The molecule has 0 atom stereocenters. The summed E-state index contributed by atoms with van der Waals surface area (Å²) in [6.07, 6.45) is 6.58. The number of para-hydroxylation sites is 1. The van der Waals surface area contributed by atoms with Gasteiger partial charge in [-0.05, 0) is 25.0 Å². The van der Waals surface area contributed by atoms with Crippen molar-refractivity contribution in [2.75, 3.05) is 18.0 Å². The summed E-state index contributed by atoms with van der Waals surface area (Å²) >= 11 is 0. The van der Waals surface area contributed by atoms with Crippen molar-refractivity contribution in [2.45, 2.75) is 18.9 Å². The third-order valence-corrected chi connectivity index (χ3v) is 5.05. The van der Waals surface area contributed by atoms with Gasteiger partial charge in [-0.25, -0.2) is 19.9 Å².